The molecule has 2 rings (SSSR count). The summed E-state index contributed by atoms with van der Waals surface area (Å²) in [5.41, 5.74) is 2.61. The van der Waals surface area contributed by atoms with Gasteiger partial charge in [-0.3, -0.25) is 4.98 Å². The van der Waals surface area contributed by atoms with Crippen molar-refractivity contribution in [3.63, 3.8) is 0 Å². The average Bonchev–Trinajstić information content (AvgIpc) is 2.39. The minimum Gasteiger partial charge on any atom is -0.375 e. The molecular weight excluding hydrogens is 277 g/mol. The number of hydrogen-bond acceptors (Lipinski definition) is 3. The standard InChI is InChI=1S/C15H17ClFN3/c1-10(13-8-7-11(17)9-18-13)19-14-6-4-5-12(16)15(14)20(2)3/h4-10,19H,1-3H3. The number of nitrogens with zero attached hydrogens (tertiary/aromatic N) is 2. The van der Waals surface area contributed by atoms with Crippen LogP contribution in [0.25, 0.3) is 0 Å². The third-order valence-corrected chi connectivity index (χ3v) is 3.30. The van der Waals surface area contributed by atoms with Crippen molar-refractivity contribution in [1.82, 2.24) is 4.98 Å². The molecule has 1 N–H and O–H groups in total. The van der Waals surface area contributed by atoms with Gasteiger partial charge in [-0.1, -0.05) is 17.7 Å². The second kappa shape index (κ2) is 6.09. The van der Waals surface area contributed by atoms with Crippen LogP contribution in [0, 0.1) is 5.82 Å². The van der Waals surface area contributed by atoms with Gasteiger partial charge in [0.1, 0.15) is 5.82 Å². The van der Waals surface area contributed by atoms with Crippen LogP contribution in [-0.2, 0) is 0 Å². The van der Waals surface area contributed by atoms with Crippen LogP contribution in [0.1, 0.15) is 18.7 Å². The molecule has 1 heterocycles. The van der Waals surface area contributed by atoms with Gasteiger partial charge in [-0.2, -0.15) is 0 Å². The van der Waals surface area contributed by atoms with E-state index in [4.69, 9.17) is 11.6 Å². The third kappa shape index (κ3) is 3.20. The molecule has 3 nitrogen and oxygen atoms in total. The molecule has 1 aromatic carbocycles. The van der Waals surface area contributed by atoms with Crippen LogP contribution in [0.15, 0.2) is 36.5 Å². The zero-order valence-corrected chi connectivity index (χ0v) is 12.4. The predicted octanol–water partition coefficient (Wildman–Crippen LogP) is 4.11. The lowest BCUT2D eigenvalue weighted by Crippen LogP contribution is -2.15. The van der Waals surface area contributed by atoms with E-state index in [1.54, 1.807) is 6.07 Å². The molecule has 5 heteroatoms. The number of halogens is 2. The minimum atomic E-state index is -0.335. The fraction of sp³-hybridized carbons (Fsp3) is 0.267. The monoisotopic (exact) mass is 293 g/mol. The molecule has 0 radical (unpaired) electrons. The van der Waals surface area contributed by atoms with E-state index in [2.05, 4.69) is 10.3 Å². The zero-order valence-electron chi connectivity index (χ0n) is 11.7. The van der Waals surface area contributed by atoms with E-state index in [1.807, 2.05) is 44.1 Å². The number of para-hydroxylation sites is 1. The van der Waals surface area contributed by atoms with Gasteiger partial charge < -0.3 is 10.2 Å². The minimum absolute atomic E-state index is 0.0484. The Kier molecular flexibility index (Phi) is 4.45. The fourth-order valence-corrected chi connectivity index (χ4v) is 2.38. The molecule has 0 saturated carbocycles. The number of rotatable bonds is 4. The molecule has 1 aromatic heterocycles. The average molecular weight is 294 g/mol. The Balaban J connectivity index is 2.26. The lowest BCUT2D eigenvalue weighted by Gasteiger charge is -2.22. The maximum absolute atomic E-state index is 12.9. The van der Waals surface area contributed by atoms with E-state index in [1.165, 1.54) is 12.3 Å². The first-order valence-corrected chi connectivity index (χ1v) is 6.70. The molecule has 0 amide bonds. The third-order valence-electron chi connectivity index (χ3n) is 3.00. The van der Waals surface area contributed by atoms with Crippen molar-refractivity contribution < 1.29 is 4.39 Å². The first-order valence-electron chi connectivity index (χ1n) is 6.33. The van der Waals surface area contributed by atoms with Crippen LogP contribution >= 0.6 is 11.6 Å². The van der Waals surface area contributed by atoms with Gasteiger partial charge in [-0.25, -0.2) is 4.39 Å². The molecule has 0 spiro atoms. The summed E-state index contributed by atoms with van der Waals surface area (Å²) in [7, 11) is 3.88. The Labute approximate surface area is 123 Å². The maximum atomic E-state index is 12.9. The molecule has 0 saturated heterocycles. The number of pyridine rings is 1. The van der Waals surface area contributed by atoms with Gasteiger partial charge in [0.15, 0.2) is 0 Å². The number of hydrogen-bond donors (Lipinski definition) is 1. The summed E-state index contributed by atoms with van der Waals surface area (Å²) in [6, 6.07) is 8.73. The Morgan fingerprint density at radius 2 is 2.00 bits per heavy atom. The summed E-state index contributed by atoms with van der Waals surface area (Å²) in [6.45, 7) is 1.97. The normalized spacial score (nSPS) is 12.1. The van der Waals surface area contributed by atoms with E-state index in [0.29, 0.717) is 5.02 Å². The summed E-state index contributed by atoms with van der Waals surface area (Å²) >= 11 is 6.23. The smallest absolute Gasteiger partial charge is 0.141 e. The van der Waals surface area contributed by atoms with E-state index in [-0.39, 0.29) is 11.9 Å². The predicted molar refractivity (Wildman–Crippen MR) is 82.0 cm³/mol. The zero-order chi connectivity index (χ0) is 14.7. The fourth-order valence-electron chi connectivity index (χ4n) is 2.04. The van der Waals surface area contributed by atoms with Crippen LogP contribution in [0.4, 0.5) is 15.8 Å². The molecule has 0 fully saturated rings. The van der Waals surface area contributed by atoms with Crippen LogP contribution in [0.3, 0.4) is 0 Å². The van der Waals surface area contributed by atoms with Crippen molar-refractivity contribution in [1.29, 1.82) is 0 Å². The van der Waals surface area contributed by atoms with E-state index < -0.39 is 0 Å². The molecule has 1 unspecified atom stereocenters. The highest BCUT2D eigenvalue weighted by molar-refractivity contribution is 6.34. The van der Waals surface area contributed by atoms with Crippen molar-refractivity contribution in [3.05, 3.63) is 53.1 Å². The Morgan fingerprint density at radius 3 is 2.60 bits per heavy atom. The SMILES string of the molecule is CC(Nc1cccc(Cl)c1N(C)C)c1ccc(F)cn1. The Morgan fingerprint density at radius 1 is 1.25 bits per heavy atom. The molecule has 0 bridgehead atoms. The number of benzene rings is 1. The van der Waals surface area contributed by atoms with Crippen molar-refractivity contribution in [2.24, 2.45) is 0 Å². The molecule has 106 valence electrons. The second-order valence-electron chi connectivity index (χ2n) is 4.80. The van der Waals surface area contributed by atoms with Gasteiger partial charge >= 0.3 is 0 Å². The summed E-state index contributed by atoms with van der Waals surface area (Å²) in [5, 5.41) is 4.04. The molecule has 20 heavy (non-hydrogen) atoms. The number of aromatic nitrogens is 1. The summed E-state index contributed by atoms with van der Waals surface area (Å²) in [6.07, 6.45) is 1.22. The number of nitrogens with one attached hydrogen (secondary N) is 1. The van der Waals surface area contributed by atoms with Gasteiger partial charge in [-0.05, 0) is 31.2 Å². The van der Waals surface area contributed by atoms with Gasteiger partial charge in [0, 0.05) is 14.1 Å². The highest BCUT2D eigenvalue weighted by atomic mass is 35.5. The van der Waals surface area contributed by atoms with Gasteiger partial charge in [0.05, 0.1) is 34.3 Å². The lowest BCUT2D eigenvalue weighted by atomic mass is 10.2. The topological polar surface area (TPSA) is 28.2 Å². The first-order chi connectivity index (χ1) is 9.49. The Bertz CT molecular complexity index is 584. The first kappa shape index (κ1) is 14.6. The lowest BCUT2D eigenvalue weighted by molar-refractivity contribution is 0.617. The van der Waals surface area contributed by atoms with Crippen LogP contribution in [0.5, 0.6) is 0 Å². The molecule has 0 aliphatic heterocycles. The van der Waals surface area contributed by atoms with E-state index in [9.17, 15) is 4.39 Å². The molecule has 1 atom stereocenters. The highest BCUT2D eigenvalue weighted by Crippen LogP contribution is 2.34. The van der Waals surface area contributed by atoms with Crippen molar-refractivity contribution in [2.45, 2.75) is 13.0 Å². The van der Waals surface area contributed by atoms with Crippen molar-refractivity contribution in [2.75, 3.05) is 24.3 Å². The molecule has 0 aliphatic rings. The van der Waals surface area contributed by atoms with Crippen LogP contribution in [0.2, 0.25) is 5.02 Å². The van der Waals surface area contributed by atoms with Crippen molar-refractivity contribution >= 4 is 23.0 Å². The quantitative estimate of drug-likeness (QED) is 0.919. The van der Waals surface area contributed by atoms with E-state index >= 15 is 0 Å². The summed E-state index contributed by atoms with van der Waals surface area (Å²) in [4.78, 5) is 6.04. The maximum Gasteiger partial charge on any atom is 0.141 e. The highest BCUT2D eigenvalue weighted by Gasteiger charge is 2.13. The van der Waals surface area contributed by atoms with Gasteiger partial charge in [0.2, 0.25) is 0 Å². The van der Waals surface area contributed by atoms with Gasteiger partial charge in [-0.15, -0.1) is 0 Å². The van der Waals surface area contributed by atoms with Crippen molar-refractivity contribution in [3.8, 4) is 0 Å². The van der Waals surface area contributed by atoms with E-state index in [0.717, 1.165) is 17.1 Å². The second-order valence-corrected chi connectivity index (χ2v) is 5.20. The largest absolute Gasteiger partial charge is 0.375 e. The van der Waals surface area contributed by atoms with Gasteiger partial charge in [0.25, 0.3) is 0 Å². The van der Waals surface area contributed by atoms with Crippen LogP contribution < -0.4 is 10.2 Å². The molecule has 2 aromatic rings. The van der Waals surface area contributed by atoms with Crippen LogP contribution in [-0.4, -0.2) is 19.1 Å². The Hall–Kier alpha value is -1.81. The molecule has 0 aliphatic carbocycles. The summed E-state index contributed by atoms with van der Waals surface area (Å²) in [5.74, 6) is -0.335. The molecular formula is C15H17ClFN3. The summed E-state index contributed by atoms with van der Waals surface area (Å²) < 4.78 is 12.9. The number of anilines is 2.